The van der Waals surface area contributed by atoms with E-state index in [0.717, 1.165) is 17.5 Å². The topological polar surface area (TPSA) is 63.6 Å². The summed E-state index contributed by atoms with van der Waals surface area (Å²) in [5.74, 6) is -0.357. The second-order valence-corrected chi connectivity index (χ2v) is 8.73. The summed E-state index contributed by atoms with van der Waals surface area (Å²) in [6.07, 6.45) is 2.29. The summed E-state index contributed by atoms with van der Waals surface area (Å²) >= 11 is 0. The van der Waals surface area contributed by atoms with E-state index < -0.39 is 28.0 Å². The van der Waals surface area contributed by atoms with E-state index in [0.29, 0.717) is 24.2 Å². The summed E-state index contributed by atoms with van der Waals surface area (Å²) in [6, 6.07) is 3.67. The number of ether oxygens (including phenoxy) is 1. The maximum Gasteiger partial charge on any atom is 0.236 e. The molecule has 0 aliphatic heterocycles. The molecule has 2 atom stereocenters. The highest BCUT2D eigenvalue weighted by atomic mass is 16.5. The van der Waals surface area contributed by atoms with Crippen LogP contribution in [0.2, 0.25) is 0 Å². The Hall–Kier alpha value is -1.68. The molecule has 2 aliphatic carbocycles. The van der Waals surface area contributed by atoms with Gasteiger partial charge >= 0.3 is 0 Å². The third-order valence-electron chi connectivity index (χ3n) is 6.62. The summed E-state index contributed by atoms with van der Waals surface area (Å²) in [5, 5.41) is 11.6. The van der Waals surface area contributed by atoms with Crippen molar-refractivity contribution in [3.05, 3.63) is 28.8 Å². The lowest BCUT2D eigenvalue weighted by atomic mass is 9.46. The molecule has 0 heterocycles. The number of Topliss-reactive ketones (excluding diaryl/α,β-unsaturated/α-hetero) is 2. The highest BCUT2D eigenvalue weighted by molar-refractivity contribution is 6.48. The molecule has 4 heteroatoms. The smallest absolute Gasteiger partial charge is 0.236 e. The van der Waals surface area contributed by atoms with Crippen LogP contribution in [0.5, 0.6) is 5.75 Å². The van der Waals surface area contributed by atoms with E-state index in [1.807, 2.05) is 40.7 Å². The lowest BCUT2D eigenvalue weighted by Gasteiger charge is -2.58. The number of hydrogen-bond acceptors (Lipinski definition) is 4. The predicted molar refractivity (Wildman–Crippen MR) is 96.4 cm³/mol. The standard InChI is InChI=1S/C21H28O4/c1-12(2)13-10-14-15(11-16(13)25-6)20(5)9-7-8-19(3,4)21(20,24)18(23)17(14)22/h10-12,24H,7-9H2,1-6H3/t20-,21-/m1/s1. The van der Waals surface area contributed by atoms with Crippen LogP contribution in [0.25, 0.3) is 0 Å². The SMILES string of the molecule is COc1cc2c(cc1C(C)C)C(=O)C(=O)[C@@]1(O)C(C)(C)CCC[C@]21C. The molecule has 0 radical (unpaired) electrons. The van der Waals surface area contributed by atoms with Crippen molar-refractivity contribution in [2.75, 3.05) is 7.11 Å². The van der Waals surface area contributed by atoms with E-state index in [1.54, 1.807) is 13.2 Å². The molecular formula is C21H28O4. The summed E-state index contributed by atoms with van der Waals surface area (Å²) in [5.41, 5.74) is -1.06. The van der Waals surface area contributed by atoms with Crippen molar-refractivity contribution in [2.24, 2.45) is 5.41 Å². The van der Waals surface area contributed by atoms with Crippen LogP contribution in [-0.2, 0) is 10.2 Å². The molecule has 3 rings (SSSR count). The van der Waals surface area contributed by atoms with E-state index in [2.05, 4.69) is 0 Å². The van der Waals surface area contributed by atoms with Gasteiger partial charge < -0.3 is 9.84 Å². The molecule has 1 saturated carbocycles. The van der Waals surface area contributed by atoms with Gasteiger partial charge in [-0.1, -0.05) is 41.0 Å². The Bertz CT molecular complexity index is 761. The van der Waals surface area contributed by atoms with Gasteiger partial charge in [0.1, 0.15) is 11.4 Å². The first kappa shape index (κ1) is 18.1. The highest BCUT2D eigenvalue weighted by Crippen LogP contribution is 2.59. The Morgan fingerprint density at radius 2 is 1.76 bits per heavy atom. The normalized spacial score (nSPS) is 30.9. The fourth-order valence-electron chi connectivity index (χ4n) is 5.04. The van der Waals surface area contributed by atoms with Crippen molar-refractivity contribution in [3.63, 3.8) is 0 Å². The van der Waals surface area contributed by atoms with Crippen LogP contribution in [-0.4, -0.2) is 29.4 Å². The third-order valence-corrected chi connectivity index (χ3v) is 6.62. The minimum Gasteiger partial charge on any atom is -0.496 e. The molecule has 0 saturated heterocycles. The van der Waals surface area contributed by atoms with Crippen LogP contribution in [0.4, 0.5) is 0 Å². The Morgan fingerprint density at radius 3 is 2.32 bits per heavy atom. The number of fused-ring (bicyclic) bond motifs is 3. The number of rotatable bonds is 2. The summed E-state index contributed by atoms with van der Waals surface area (Å²) in [4.78, 5) is 26.0. The van der Waals surface area contributed by atoms with Gasteiger partial charge in [-0.2, -0.15) is 0 Å². The van der Waals surface area contributed by atoms with Gasteiger partial charge in [0.15, 0.2) is 0 Å². The fourth-order valence-corrected chi connectivity index (χ4v) is 5.04. The Kier molecular flexibility index (Phi) is 3.92. The van der Waals surface area contributed by atoms with E-state index >= 15 is 0 Å². The number of methoxy groups -OCH3 is 1. The maximum absolute atomic E-state index is 13.1. The molecule has 0 amide bonds. The van der Waals surface area contributed by atoms with Crippen molar-refractivity contribution in [2.45, 2.75) is 70.8 Å². The number of ketones is 2. The van der Waals surface area contributed by atoms with Gasteiger partial charge in [0, 0.05) is 16.4 Å². The van der Waals surface area contributed by atoms with Gasteiger partial charge in [0.2, 0.25) is 11.6 Å². The van der Waals surface area contributed by atoms with Crippen molar-refractivity contribution < 1.29 is 19.4 Å². The molecule has 0 bridgehead atoms. The van der Waals surface area contributed by atoms with Gasteiger partial charge in [0.05, 0.1) is 7.11 Å². The molecular weight excluding hydrogens is 316 g/mol. The van der Waals surface area contributed by atoms with Gasteiger partial charge in [0.25, 0.3) is 0 Å². The second kappa shape index (κ2) is 5.41. The van der Waals surface area contributed by atoms with Crippen LogP contribution in [0.3, 0.4) is 0 Å². The summed E-state index contributed by atoms with van der Waals surface area (Å²) < 4.78 is 5.57. The van der Waals surface area contributed by atoms with Crippen LogP contribution < -0.4 is 4.74 Å². The van der Waals surface area contributed by atoms with E-state index in [4.69, 9.17) is 4.74 Å². The second-order valence-electron chi connectivity index (χ2n) is 8.73. The number of carbonyl (C=O) groups excluding carboxylic acids is 2. The summed E-state index contributed by atoms with van der Waals surface area (Å²) in [6.45, 7) is 9.76. The average molecular weight is 344 g/mol. The quantitative estimate of drug-likeness (QED) is 0.829. The third kappa shape index (κ3) is 2.10. The molecule has 1 aromatic rings. The Morgan fingerprint density at radius 1 is 1.12 bits per heavy atom. The van der Waals surface area contributed by atoms with Crippen LogP contribution in [0.1, 0.15) is 81.3 Å². The molecule has 4 nitrogen and oxygen atoms in total. The molecule has 25 heavy (non-hydrogen) atoms. The van der Waals surface area contributed by atoms with Crippen LogP contribution in [0, 0.1) is 5.41 Å². The number of carbonyl (C=O) groups is 2. The number of benzene rings is 1. The summed E-state index contributed by atoms with van der Waals surface area (Å²) in [7, 11) is 1.61. The Labute approximate surface area is 149 Å². The van der Waals surface area contributed by atoms with Gasteiger partial charge in [-0.05, 0) is 42.0 Å². The first-order chi connectivity index (χ1) is 11.5. The zero-order valence-corrected chi connectivity index (χ0v) is 16.0. The van der Waals surface area contributed by atoms with Crippen molar-refractivity contribution >= 4 is 11.6 Å². The van der Waals surface area contributed by atoms with Gasteiger partial charge in [-0.15, -0.1) is 0 Å². The van der Waals surface area contributed by atoms with E-state index in [9.17, 15) is 14.7 Å². The molecule has 0 spiro atoms. The highest BCUT2D eigenvalue weighted by Gasteiger charge is 2.67. The zero-order valence-electron chi connectivity index (χ0n) is 16.0. The van der Waals surface area contributed by atoms with Crippen LogP contribution in [0.15, 0.2) is 12.1 Å². The predicted octanol–water partition coefficient (Wildman–Crippen LogP) is 3.78. The van der Waals surface area contributed by atoms with Gasteiger partial charge in [-0.3, -0.25) is 9.59 Å². The minimum atomic E-state index is -1.69. The first-order valence-corrected chi connectivity index (χ1v) is 9.05. The molecule has 136 valence electrons. The number of hydrogen-bond donors (Lipinski definition) is 1. The molecule has 1 fully saturated rings. The lowest BCUT2D eigenvalue weighted by molar-refractivity contribution is -0.172. The van der Waals surface area contributed by atoms with E-state index in [1.165, 1.54) is 0 Å². The van der Waals surface area contributed by atoms with Crippen molar-refractivity contribution in [1.29, 1.82) is 0 Å². The van der Waals surface area contributed by atoms with Crippen molar-refractivity contribution in [1.82, 2.24) is 0 Å². The maximum atomic E-state index is 13.1. The molecule has 2 aliphatic rings. The molecule has 0 aromatic heterocycles. The average Bonchev–Trinajstić information content (AvgIpc) is 2.55. The fraction of sp³-hybridized carbons (Fsp3) is 0.619. The van der Waals surface area contributed by atoms with Crippen molar-refractivity contribution in [3.8, 4) is 5.75 Å². The van der Waals surface area contributed by atoms with Gasteiger partial charge in [-0.25, -0.2) is 0 Å². The van der Waals surface area contributed by atoms with Crippen LogP contribution >= 0.6 is 0 Å². The van der Waals surface area contributed by atoms with E-state index in [-0.39, 0.29) is 5.92 Å². The monoisotopic (exact) mass is 344 g/mol. The molecule has 0 unspecified atom stereocenters. The molecule has 1 N–H and O–H groups in total. The minimum absolute atomic E-state index is 0.166. The largest absolute Gasteiger partial charge is 0.496 e. The zero-order chi connectivity index (χ0) is 18.8. The first-order valence-electron chi connectivity index (χ1n) is 9.05. The number of aliphatic hydroxyl groups is 1. The lowest BCUT2D eigenvalue weighted by Crippen LogP contribution is -2.69. The Balaban J connectivity index is 2.36. The molecule has 1 aromatic carbocycles.